The molecule has 0 unspecified atom stereocenters. The van der Waals surface area contributed by atoms with Gasteiger partial charge in [-0.15, -0.1) is 0 Å². The molecule has 1 aromatic carbocycles. The Bertz CT molecular complexity index is 510. The van der Waals surface area contributed by atoms with Gasteiger partial charge in [-0.1, -0.05) is 6.07 Å². The van der Waals surface area contributed by atoms with Gasteiger partial charge in [0.25, 0.3) is 0 Å². The van der Waals surface area contributed by atoms with Gasteiger partial charge in [-0.05, 0) is 40.7 Å². The summed E-state index contributed by atoms with van der Waals surface area (Å²) in [5, 5.41) is 3.06. The molecule has 90 valence electrons. The molecule has 1 aromatic heterocycles. The van der Waals surface area contributed by atoms with E-state index >= 15 is 0 Å². The van der Waals surface area contributed by atoms with Crippen LogP contribution >= 0.6 is 15.9 Å². The topological polar surface area (TPSA) is 29.9 Å². The summed E-state index contributed by atoms with van der Waals surface area (Å²) < 4.78 is 15.6. The highest BCUT2D eigenvalue weighted by Gasteiger charge is 2.04. The molecule has 0 aliphatic rings. The normalized spacial score (nSPS) is 10.8. The lowest BCUT2D eigenvalue weighted by molar-refractivity contribution is 0.618. The summed E-state index contributed by atoms with van der Waals surface area (Å²) in [5.74, 6) is 0.725. The predicted octanol–water partition coefficient (Wildman–Crippen LogP) is 2.55. The van der Waals surface area contributed by atoms with Crippen LogP contribution in [0.15, 0.2) is 35.1 Å². The van der Waals surface area contributed by atoms with Crippen LogP contribution in [0.5, 0.6) is 0 Å². The Morgan fingerprint density at radius 3 is 3.00 bits per heavy atom. The van der Waals surface area contributed by atoms with E-state index in [1.165, 1.54) is 6.07 Å². The van der Waals surface area contributed by atoms with E-state index < -0.39 is 0 Å². The Morgan fingerprint density at radius 1 is 1.47 bits per heavy atom. The summed E-state index contributed by atoms with van der Waals surface area (Å²) in [6.45, 7) is 1.41. The molecule has 0 amide bonds. The molecule has 2 aromatic rings. The van der Waals surface area contributed by atoms with E-state index in [9.17, 15) is 4.39 Å². The molecule has 17 heavy (non-hydrogen) atoms. The van der Waals surface area contributed by atoms with Gasteiger partial charge < -0.3 is 9.88 Å². The van der Waals surface area contributed by atoms with Crippen LogP contribution in [0.4, 0.5) is 4.39 Å². The SMILES string of the molecule is CNCc1nccn1Cc1ccc(F)c(Br)c1. The van der Waals surface area contributed by atoms with Crippen LogP contribution in [0, 0.1) is 5.82 Å². The summed E-state index contributed by atoms with van der Waals surface area (Å²) >= 11 is 3.19. The predicted molar refractivity (Wildman–Crippen MR) is 68.2 cm³/mol. The number of hydrogen-bond acceptors (Lipinski definition) is 2. The standard InChI is InChI=1S/C12H13BrFN3/c1-15-7-12-16-4-5-17(12)8-9-2-3-11(14)10(13)6-9/h2-6,15H,7-8H2,1H3. The van der Waals surface area contributed by atoms with Gasteiger partial charge in [0.2, 0.25) is 0 Å². The molecule has 0 aliphatic carbocycles. The fraction of sp³-hybridized carbons (Fsp3) is 0.250. The number of imidazole rings is 1. The average molecular weight is 298 g/mol. The van der Waals surface area contributed by atoms with Gasteiger partial charge in [-0.3, -0.25) is 0 Å². The summed E-state index contributed by atoms with van der Waals surface area (Å²) in [4.78, 5) is 4.26. The van der Waals surface area contributed by atoms with Gasteiger partial charge in [0.05, 0.1) is 11.0 Å². The molecule has 3 nitrogen and oxygen atoms in total. The first-order chi connectivity index (χ1) is 8.20. The molecule has 0 saturated heterocycles. The Hall–Kier alpha value is -1.20. The lowest BCUT2D eigenvalue weighted by Crippen LogP contribution is -2.12. The minimum atomic E-state index is -0.241. The van der Waals surface area contributed by atoms with Crippen LogP contribution in [-0.4, -0.2) is 16.6 Å². The molecule has 0 atom stereocenters. The Balaban J connectivity index is 2.19. The third-order valence-electron chi connectivity index (χ3n) is 2.47. The highest BCUT2D eigenvalue weighted by atomic mass is 79.9. The van der Waals surface area contributed by atoms with E-state index in [-0.39, 0.29) is 5.82 Å². The smallest absolute Gasteiger partial charge is 0.137 e. The second kappa shape index (κ2) is 5.42. The molecule has 0 bridgehead atoms. The van der Waals surface area contributed by atoms with Gasteiger partial charge in [0.15, 0.2) is 0 Å². The molecule has 2 rings (SSSR count). The van der Waals surface area contributed by atoms with E-state index in [2.05, 4.69) is 26.2 Å². The van der Waals surface area contributed by atoms with Crippen molar-refractivity contribution >= 4 is 15.9 Å². The molecule has 0 radical (unpaired) electrons. The average Bonchev–Trinajstić information content (AvgIpc) is 2.72. The Kier molecular flexibility index (Phi) is 3.91. The molecular weight excluding hydrogens is 285 g/mol. The Morgan fingerprint density at radius 2 is 2.29 bits per heavy atom. The highest BCUT2D eigenvalue weighted by molar-refractivity contribution is 9.10. The van der Waals surface area contributed by atoms with E-state index in [1.807, 2.05) is 17.8 Å². The highest BCUT2D eigenvalue weighted by Crippen LogP contribution is 2.17. The third kappa shape index (κ3) is 2.92. The number of halogens is 2. The van der Waals surface area contributed by atoms with Crippen molar-refractivity contribution in [2.45, 2.75) is 13.1 Å². The molecular formula is C12H13BrFN3. The lowest BCUT2D eigenvalue weighted by atomic mass is 10.2. The van der Waals surface area contributed by atoms with Crippen molar-refractivity contribution in [3.8, 4) is 0 Å². The van der Waals surface area contributed by atoms with Crippen LogP contribution in [0.25, 0.3) is 0 Å². The van der Waals surface area contributed by atoms with Crippen molar-refractivity contribution in [3.63, 3.8) is 0 Å². The van der Waals surface area contributed by atoms with Gasteiger partial charge in [-0.2, -0.15) is 0 Å². The second-order valence-electron chi connectivity index (χ2n) is 3.75. The van der Waals surface area contributed by atoms with Gasteiger partial charge in [-0.25, -0.2) is 9.37 Å². The summed E-state index contributed by atoms with van der Waals surface area (Å²) in [6, 6.07) is 5.04. The maximum atomic E-state index is 13.1. The molecule has 0 fully saturated rings. The van der Waals surface area contributed by atoms with Crippen LogP contribution in [-0.2, 0) is 13.1 Å². The van der Waals surface area contributed by atoms with E-state index in [1.54, 1.807) is 18.3 Å². The fourth-order valence-corrected chi connectivity index (χ4v) is 2.07. The van der Waals surface area contributed by atoms with Crippen LogP contribution in [0.3, 0.4) is 0 Å². The zero-order valence-electron chi connectivity index (χ0n) is 9.45. The van der Waals surface area contributed by atoms with Crippen molar-refractivity contribution in [3.05, 3.63) is 52.3 Å². The third-order valence-corrected chi connectivity index (χ3v) is 3.08. The Labute approximate surface area is 108 Å². The number of aromatic nitrogens is 2. The number of nitrogens with one attached hydrogen (secondary N) is 1. The minimum absolute atomic E-state index is 0.241. The van der Waals surface area contributed by atoms with Gasteiger partial charge in [0.1, 0.15) is 11.6 Å². The summed E-state index contributed by atoms with van der Waals surface area (Å²) in [7, 11) is 1.88. The van der Waals surface area contributed by atoms with Crippen LogP contribution in [0.1, 0.15) is 11.4 Å². The van der Waals surface area contributed by atoms with E-state index in [0.717, 1.165) is 17.9 Å². The molecule has 0 aliphatic heterocycles. The number of nitrogens with zero attached hydrogens (tertiary/aromatic N) is 2. The van der Waals surface area contributed by atoms with Crippen molar-refractivity contribution in [1.29, 1.82) is 0 Å². The number of hydrogen-bond donors (Lipinski definition) is 1. The molecule has 0 spiro atoms. The minimum Gasteiger partial charge on any atom is -0.329 e. The van der Waals surface area contributed by atoms with Crippen LogP contribution in [0.2, 0.25) is 0 Å². The summed E-state index contributed by atoms with van der Waals surface area (Å²) in [5.41, 5.74) is 1.04. The first-order valence-electron chi connectivity index (χ1n) is 5.29. The van der Waals surface area contributed by atoms with Gasteiger partial charge in [0, 0.05) is 18.9 Å². The number of rotatable bonds is 4. The van der Waals surface area contributed by atoms with E-state index in [4.69, 9.17) is 0 Å². The first-order valence-corrected chi connectivity index (χ1v) is 6.08. The number of benzene rings is 1. The molecule has 5 heteroatoms. The zero-order valence-corrected chi connectivity index (χ0v) is 11.0. The molecule has 1 N–H and O–H groups in total. The maximum Gasteiger partial charge on any atom is 0.137 e. The monoisotopic (exact) mass is 297 g/mol. The van der Waals surface area contributed by atoms with Crippen LogP contribution < -0.4 is 5.32 Å². The second-order valence-corrected chi connectivity index (χ2v) is 4.60. The van der Waals surface area contributed by atoms with Crippen molar-refractivity contribution in [2.75, 3.05) is 7.05 Å². The quantitative estimate of drug-likeness (QED) is 0.940. The largest absolute Gasteiger partial charge is 0.329 e. The van der Waals surface area contributed by atoms with Gasteiger partial charge >= 0.3 is 0 Å². The maximum absolute atomic E-state index is 13.1. The van der Waals surface area contributed by atoms with Crippen molar-refractivity contribution in [2.24, 2.45) is 0 Å². The molecule has 1 heterocycles. The molecule has 0 saturated carbocycles. The van der Waals surface area contributed by atoms with E-state index in [0.29, 0.717) is 11.0 Å². The van der Waals surface area contributed by atoms with Crippen molar-refractivity contribution in [1.82, 2.24) is 14.9 Å². The fourth-order valence-electron chi connectivity index (χ4n) is 1.64. The zero-order chi connectivity index (χ0) is 12.3. The summed E-state index contributed by atoms with van der Waals surface area (Å²) in [6.07, 6.45) is 3.69. The lowest BCUT2D eigenvalue weighted by Gasteiger charge is -2.08. The van der Waals surface area contributed by atoms with Crippen molar-refractivity contribution < 1.29 is 4.39 Å². The first kappa shape index (κ1) is 12.3.